The van der Waals surface area contributed by atoms with Crippen LogP contribution in [0.1, 0.15) is 27.9 Å². The number of nitrogens with zero attached hydrogens (tertiary/aromatic N) is 1. The Morgan fingerprint density at radius 3 is 2.31 bits per heavy atom. The fourth-order valence-electron chi connectivity index (χ4n) is 1.15. The predicted octanol–water partition coefficient (Wildman–Crippen LogP) is 2.43. The highest BCUT2D eigenvalue weighted by Crippen LogP contribution is 2.37. The van der Waals surface area contributed by atoms with Crippen molar-refractivity contribution in [1.82, 2.24) is 4.98 Å². The van der Waals surface area contributed by atoms with E-state index in [0.717, 1.165) is 0 Å². The number of halogens is 5. The monoisotopic (exact) mass is 240 g/mol. The number of rotatable bonds is 2. The second-order valence-corrected chi connectivity index (χ2v) is 2.80. The van der Waals surface area contributed by atoms with E-state index in [-0.39, 0.29) is 6.29 Å². The second-order valence-electron chi connectivity index (χ2n) is 2.80. The zero-order valence-corrected chi connectivity index (χ0v) is 7.55. The maximum Gasteiger partial charge on any atom is 0.420 e. The van der Waals surface area contributed by atoms with Crippen LogP contribution in [-0.2, 0) is 6.18 Å². The van der Waals surface area contributed by atoms with Gasteiger partial charge in [0.25, 0.3) is 6.43 Å². The van der Waals surface area contributed by atoms with Gasteiger partial charge in [0, 0.05) is 17.3 Å². The second kappa shape index (κ2) is 4.03. The fraction of sp³-hybridized carbons (Fsp3) is 0.250. The molecule has 8 heteroatoms. The predicted molar refractivity (Wildman–Crippen MR) is 44.0 cm³/mol. The summed E-state index contributed by atoms with van der Waals surface area (Å²) in [6.45, 7) is 0. The molecule has 0 aliphatic carbocycles. The normalized spacial score (nSPS) is 11.9. The average molecular weight is 240 g/mol. The number of pyridine rings is 1. The molecule has 0 fully saturated rings. The van der Waals surface area contributed by atoms with Gasteiger partial charge in [0.05, 0.1) is 0 Å². The van der Waals surface area contributed by atoms with Gasteiger partial charge in [0.1, 0.15) is 11.4 Å². The molecular formula is C8H5F5N2O. The van der Waals surface area contributed by atoms with E-state index in [1.54, 1.807) is 0 Å². The van der Waals surface area contributed by atoms with Crippen molar-refractivity contribution in [1.29, 1.82) is 0 Å². The first kappa shape index (κ1) is 12.3. The molecular weight excluding hydrogens is 235 g/mol. The number of alkyl halides is 5. The third-order valence-electron chi connectivity index (χ3n) is 1.82. The van der Waals surface area contributed by atoms with Crippen LogP contribution in [0.5, 0.6) is 0 Å². The van der Waals surface area contributed by atoms with Crippen molar-refractivity contribution in [2.45, 2.75) is 12.6 Å². The molecule has 88 valence electrons. The standard InChI is InChI=1S/C8H5F5N2O/c9-6(10)3-1-15-7(14)5(4(3)2-16)8(11,12)13/h1-2,6H,(H2,14,15). The fourth-order valence-corrected chi connectivity index (χ4v) is 1.15. The molecule has 0 atom stereocenters. The van der Waals surface area contributed by atoms with Crippen molar-refractivity contribution >= 4 is 12.1 Å². The number of nitrogens with two attached hydrogens (primary N) is 1. The number of carbonyl (C=O) groups excluding carboxylic acids is 1. The molecule has 0 saturated heterocycles. The van der Waals surface area contributed by atoms with Gasteiger partial charge < -0.3 is 5.73 Å². The molecule has 2 N–H and O–H groups in total. The van der Waals surface area contributed by atoms with Crippen molar-refractivity contribution in [2.75, 3.05) is 5.73 Å². The summed E-state index contributed by atoms with van der Waals surface area (Å²) in [5.41, 5.74) is 1.03. The Balaban J connectivity index is 3.57. The van der Waals surface area contributed by atoms with Crippen molar-refractivity contribution in [2.24, 2.45) is 0 Å². The summed E-state index contributed by atoms with van der Waals surface area (Å²) in [4.78, 5) is 13.4. The Morgan fingerprint density at radius 1 is 1.38 bits per heavy atom. The molecule has 0 aliphatic heterocycles. The van der Waals surface area contributed by atoms with Gasteiger partial charge in [0.15, 0.2) is 6.29 Å². The molecule has 0 spiro atoms. The van der Waals surface area contributed by atoms with Gasteiger partial charge in [-0.1, -0.05) is 0 Å². The smallest absolute Gasteiger partial charge is 0.383 e. The Bertz CT molecular complexity index is 416. The SMILES string of the molecule is Nc1ncc(C(F)F)c(C=O)c1C(F)(F)F. The molecule has 1 heterocycles. The molecule has 0 saturated carbocycles. The van der Waals surface area contributed by atoms with Crippen LogP contribution in [0.4, 0.5) is 27.8 Å². The highest BCUT2D eigenvalue weighted by atomic mass is 19.4. The van der Waals surface area contributed by atoms with E-state index in [1.165, 1.54) is 0 Å². The van der Waals surface area contributed by atoms with Crippen LogP contribution >= 0.6 is 0 Å². The van der Waals surface area contributed by atoms with Gasteiger partial charge in [0.2, 0.25) is 0 Å². The molecule has 1 rings (SSSR count). The first-order chi connectivity index (χ1) is 7.29. The summed E-state index contributed by atoms with van der Waals surface area (Å²) in [6, 6.07) is 0. The third-order valence-corrected chi connectivity index (χ3v) is 1.82. The molecule has 0 bridgehead atoms. The Kier molecular flexibility index (Phi) is 3.11. The van der Waals surface area contributed by atoms with Crippen LogP contribution in [0.3, 0.4) is 0 Å². The minimum absolute atomic E-state index is 0.303. The average Bonchev–Trinajstić information content (AvgIpc) is 2.14. The van der Waals surface area contributed by atoms with Crippen molar-refractivity contribution in [3.8, 4) is 0 Å². The van der Waals surface area contributed by atoms with Gasteiger partial charge in [-0.25, -0.2) is 13.8 Å². The zero-order valence-electron chi connectivity index (χ0n) is 7.55. The first-order valence-corrected chi connectivity index (χ1v) is 3.88. The Hall–Kier alpha value is -1.73. The molecule has 0 aliphatic rings. The van der Waals surface area contributed by atoms with E-state index in [1.807, 2.05) is 0 Å². The molecule has 0 aromatic carbocycles. The van der Waals surface area contributed by atoms with Crippen LogP contribution in [0.2, 0.25) is 0 Å². The van der Waals surface area contributed by atoms with Crippen LogP contribution in [-0.4, -0.2) is 11.3 Å². The lowest BCUT2D eigenvalue weighted by molar-refractivity contribution is -0.137. The van der Waals surface area contributed by atoms with Crippen molar-refractivity contribution < 1.29 is 26.7 Å². The molecule has 0 amide bonds. The van der Waals surface area contributed by atoms with Crippen LogP contribution < -0.4 is 5.73 Å². The van der Waals surface area contributed by atoms with Crippen LogP contribution in [0.15, 0.2) is 6.20 Å². The van der Waals surface area contributed by atoms with Gasteiger partial charge in [-0.15, -0.1) is 0 Å². The summed E-state index contributed by atoms with van der Waals surface area (Å²) in [6.07, 6.45) is -8.08. The highest BCUT2D eigenvalue weighted by Gasteiger charge is 2.38. The first-order valence-electron chi connectivity index (χ1n) is 3.88. The molecule has 16 heavy (non-hydrogen) atoms. The zero-order chi connectivity index (χ0) is 12.5. The summed E-state index contributed by atoms with van der Waals surface area (Å²) < 4.78 is 61.9. The molecule has 1 aromatic rings. The maximum absolute atomic E-state index is 12.4. The Morgan fingerprint density at radius 2 is 1.94 bits per heavy atom. The molecule has 1 aromatic heterocycles. The lowest BCUT2D eigenvalue weighted by Gasteiger charge is -2.14. The van der Waals surface area contributed by atoms with Gasteiger partial charge in [-0.2, -0.15) is 13.2 Å². The number of hydrogen-bond acceptors (Lipinski definition) is 3. The van der Waals surface area contributed by atoms with E-state index in [4.69, 9.17) is 5.73 Å². The van der Waals surface area contributed by atoms with Crippen LogP contribution in [0, 0.1) is 0 Å². The minimum atomic E-state index is -5.00. The van der Waals surface area contributed by atoms with E-state index in [0.29, 0.717) is 6.20 Å². The van der Waals surface area contributed by atoms with Gasteiger partial charge in [-0.3, -0.25) is 4.79 Å². The summed E-state index contributed by atoms with van der Waals surface area (Å²) in [5, 5.41) is 0. The summed E-state index contributed by atoms with van der Waals surface area (Å²) >= 11 is 0. The summed E-state index contributed by atoms with van der Waals surface area (Å²) in [5.74, 6) is -1.00. The van der Waals surface area contributed by atoms with E-state index >= 15 is 0 Å². The number of anilines is 1. The third kappa shape index (κ3) is 2.10. The van der Waals surface area contributed by atoms with E-state index < -0.39 is 35.1 Å². The van der Waals surface area contributed by atoms with Crippen molar-refractivity contribution in [3.63, 3.8) is 0 Å². The summed E-state index contributed by atoms with van der Waals surface area (Å²) in [7, 11) is 0. The largest absolute Gasteiger partial charge is 0.420 e. The quantitative estimate of drug-likeness (QED) is 0.638. The maximum atomic E-state index is 12.4. The minimum Gasteiger partial charge on any atom is -0.383 e. The number of nitrogen functional groups attached to an aromatic ring is 1. The molecule has 0 unspecified atom stereocenters. The van der Waals surface area contributed by atoms with Gasteiger partial charge in [-0.05, 0) is 0 Å². The number of aromatic nitrogens is 1. The van der Waals surface area contributed by atoms with Gasteiger partial charge >= 0.3 is 6.18 Å². The Labute approximate surface area is 86.1 Å². The lowest BCUT2D eigenvalue weighted by Crippen LogP contribution is -2.16. The number of hydrogen-bond donors (Lipinski definition) is 1. The van der Waals surface area contributed by atoms with Crippen LogP contribution in [0.25, 0.3) is 0 Å². The molecule has 3 nitrogen and oxygen atoms in total. The lowest BCUT2D eigenvalue weighted by atomic mass is 10.0. The van der Waals surface area contributed by atoms with E-state index in [2.05, 4.69) is 4.98 Å². The topological polar surface area (TPSA) is 56.0 Å². The molecule has 0 radical (unpaired) electrons. The number of carbonyl (C=O) groups is 1. The van der Waals surface area contributed by atoms with E-state index in [9.17, 15) is 26.7 Å². The highest BCUT2D eigenvalue weighted by molar-refractivity contribution is 5.82. The van der Waals surface area contributed by atoms with Crippen molar-refractivity contribution in [3.05, 3.63) is 22.9 Å². The number of aldehydes is 1.